The van der Waals surface area contributed by atoms with Gasteiger partial charge >= 0.3 is 6.18 Å². The average Bonchev–Trinajstić information content (AvgIpc) is 2.49. The molecular weight excluding hydrogens is 416 g/mol. The fourth-order valence-electron chi connectivity index (χ4n) is 1.84. The minimum absolute atomic E-state index is 0.0570. The lowest BCUT2D eigenvalue weighted by Crippen LogP contribution is -2.16. The summed E-state index contributed by atoms with van der Waals surface area (Å²) in [5.74, 6) is -10.4. The van der Waals surface area contributed by atoms with Crippen LogP contribution in [0.25, 0.3) is 0 Å². The maximum atomic E-state index is 13.7. The fourth-order valence-corrected chi connectivity index (χ4v) is 2.37. The number of benzene rings is 2. The molecule has 2 aromatic rings. The van der Waals surface area contributed by atoms with Gasteiger partial charge in [-0.05, 0) is 12.1 Å². The SMILES string of the molecule is Oc1cc(Cl)cc(Cl)c1/C=N/Nc1c(F)c(F)c(C(F)(F)F)c(F)c1F. The van der Waals surface area contributed by atoms with Crippen molar-refractivity contribution < 1.29 is 35.8 Å². The number of nitrogens with zero attached hydrogens (tertiary/aromatic N) is 1. The number of aromatic hydroxyl groups is 1. The van der Waals surface area contributed by atoms with Crippen LogP contribution in [0.1, 0.15) is 11.1 Å². The maximum Gasteiger partial charge on any atom is 0.422 e. The summed E-state index contributed by atoms with van der Waals surface area (Å²) in [6, 6.07) is 2.23. The number of anilines is 1. The van der Waals surface area contributed by atoms with Gasteiger partial charge in [-0.2, -0.15) is 18.3 Å². The van der Waals surface area contributed by atoms with Gasteiger partial charge in [0, 0.05) is 5.02 Å². The summed E-state index contributed by atoms with van der Waals surface area (Å²) in [6.45, 7) is 0. The normalized spacial score (nSPS) is 12.0. The minimum Gasteiger partial charge on any atom is -0.507 e. The highest BCUT2D eigenvalue weighted by atomic mass is 35.5. The van der Waals surface area contributed by atoms with Crippen molar-refractivity contribution in [1.29, 1.82) is 0 Å². The first kappa shape index (κ1) is 20.1. The van der Waals surface area contributed by atoms with E-state index in [2.05, 4.69) is 5.10 Å². The molecule has 26 heavy (non-hydrogen) atoms. The summed E-state index contributed by atoms with van der Waals surface area (Å²) in [5, 5.41) is 12.7. The highest BCUT2D eigenvalue weighted by Crippen LogP contribution is 2.38. The number of hydrogen-bond donors (Lipinski definition) is 2. The van der Waals surface area contributed by atoms with Crippen LogP contribution in [-0.4, -0.2) is 11.3 Å². The summed E-state index contributed by atoms with van der Waals surface area (Å²) in [6.07, 6.45) is -4.94. The van der Waals surface area contributed by atoms with Crippen LogP contribution in [0.3, 0.4) is 0 Å². The van der Waals surface area contributed by atoms with Crippen LogP contribution in [0.15, 0.2) is 17.2 Å². The van der Waals surface area contributed by atoms with Crippen LogP contribution in [0.4, 0.5) is 36.4 Å². The average molecular weight is 421 g/mol. The number of phenolic OH excluding ortho intramolecular Hbond substituents is 1. The highest BCUT2D eigenvalue weighted by Gasteiger charge is 2.42. The summed E-state index contributed by atoms with van der Waals surface area (Å²) < 4.78 is 91.7. The number of hydrogen-bond acceptors (Lipinski definition) is 3. The Balaban J connectivity index is 2.43. The van der Waals surface area contributed by atoms with Crippen molar-refractivity contribution in [1.82, 2.24) is 0 Å². The van der Waals surface area contributed by atoms with Crippen molar-refractivity contribution in [2.75, 3.05) is 5.43 Å². The number of nitrogens with one attached hydrogen (secondary N) is 1. The topological polar surface area (TPSA) is 44.6 Å². The van der Waals surface area contributed by atoms with E-state index in [-0.39, 0.29) is 15.6 Å². The van der Waals surface area contributed by atoms with E-state index < -0.39 is 46.4 Å². The van der Waals surface area contributed by atoms with Gasteiger partial charge in [0.25, 0.3) is 0 Å². The second-order valence-electron chi connectivity index (χ2n) is 4.69. The summed E-state index contributed by atoms with van der Waals surface area (Å²) in [4.78, 5) is 0. The minimum atomic E-state index is -5.65. The molecule has 0 aliphatic carbocycles. The molecule has 12 heteroatoms. The zero-order chi connectivity index (χ0) is 19.8. The Hall–Kier alpha value is -2.20. The molecule has 0 saturated carbocycles. The van der Waals surface area contributed by atoms with Crippen LogP contribution in [0, 0.1) is 23.3 Å². The molecule has 0 saturated heterocycles. The molecule has 2 aromatic carbocycles. The third-order valence-electron chi connectivity index (χ3n) is 2.99. The lowest BCUT2D eigenvalue weighted by Gasteiger charge is -2.13. The molecule has 0 heterocycles. The first-order valence-electron chi connectivity index (χ1n) is 6.35. The lowest BCUT2D eigenvalue weighted by molar-refractivity contribution is -0.143. The molecule has 0 aliphatic heterocycles. The first-order chi connectivity index (χ1) is 11.9. The Labute approximate surface area is 150 Å². The summed E-state index contributed by atoms with van der Waals surface area (Å²) in [7, 11) is 0. The molecule has 0 radical (unpaired) electrons. The number of alkyl halides is 3. The van der Waals surface area contributed by atoms with E-state index in [1.807, 2.05) is 0 Å². The van der Waals surface area contributed by atoms with Crippen molar-refractivity contribution >= 4 is 35.1 Å². The van der Waals surface area contributed by atoms with Gasteiger partial charge in [0.1, 0.15) is 17.0 Å². The third-order valence-corrected chi connectivity index (χ3v) is 3.52. The molecule has 0 fully saturated rings. The molecule has 2 N–H and O–H groups in total. The van der Waals surface area contributed by atoms with Crippen molar-refractivity contribution in [3.8, 4) is 5.75 Å². The number of phenols is 1. The molecule has 140 valence electrons. The molecular formula is C14H5Cl2F7N2O. The van der Waals surface area contributed by atoms with E-state index in [1.165, 1.54) is 11.5 Å². The second kappa shape index (κ2) is 7.20. The van der Waals surface area contributed by atoms with Crippen LogP contribution in [0.5, 0.6) is 5.75 Å². The highest BCUT2D eigenvalue weighted by molar-refractivity contribution is 6.36. The van der Waals surface area contributed by atoms with Crippen LogP contribution >= 0.6 is 23.2 Å². The van der Waals surface area contributed by atoms with E-state index >= 15 is 0 Å². The largest absolute Gasteiger partial charge is 0.507 e. The van der Waals surface area contributed by atoms with Gasteiger partial charge in [0.05, 0.1) is 16.8 Å². The van der Waals surface area contributed by atoms with Gasteiger partial charge in [-0.15, -0.1) is 0 Å². The van der Waals surface area contributed by atoms with Gasteiger partial charge in [-0.3, -0.25) is 5.43 Å². The van der Waals surface area contributed by atoms with Crippen molar-refractivity contribution in [3.05, 3.63) is 56.6 Å². The molecule has 0 aromatic heterocycles. The third kappa shape index (κ3) is 3.80. The molecule has 3 nitrogen and oxygen atoms in total. The van der Waals surface area contributed by atoms with Crippen molar-refractivity contribution in [3.63, 3.8) is 0 Å². The molecule has 0 aliphatic rings. The van der Waals surface area contributed by atoms with Crippen LogP contribution in [0.2, 0.25) is 10.0 Å². The Morgan fingerprint density at radius 3 is 1.96 bits per heavy atom. The molecule has 0 spiro atoms. The summed E-state index contributed by atoms with van der Waals surface area (Å²) >= 11 is 11.3. The standard InChI is InChI=1S/C14H5Cl2F7N2O/c15-4-1-6(16)5(7(26)2-4)3-24-25-13-11(19)9(17)8(14(21,22)23)10(18)12(13)20/h1-3,25-26H/b24-3+. The first-order valence-corrected chi connectivity index (χ1v) is 7.11. The molecule has 0 atom stereocenters. The monoisotopic (exact) mass is 420 g/mol. The second-order valence-corrected chi connectivity index (χ2v) is 5.54. The van der Waals surface area contributed by atoms with Crippen molar-refractivity contribution in [2.45, 2.75) is 6.18 Å². The predicted molar refractivity (Wildman–Crippen MR) is 80.6 cm³/mol. The number of rotatable bonds is 3. The quantitative estimate of drug-likeness (QED) is 0.288. The van der Waals surface area contributed by atoms with E-state index in [0.717, 1.165) is 6.07 Å². The number of hydrazone groups is 1. The lowest BCUT2D eigenvalue weighted by atomic mass is 10.1. The van der Waals surface area contributed by atoms with Gasteiger partial charge in [-0.25, -0.2) is 17.6 Å². The summed E-state index contributed by atoms with van der Waals surface area (Å²) in [5.41, 5.74) is -2.97. The molecule has 0 amide bonds. The number of halogens is 9. The molecule has 0 unspecified atom stereocenters. The smallest absolute Gasteiger partial charge is 0.422 e. The van der Waals surface area contributed by atoms with Crippen molar-refractivity contribution in [2.24, 2.45) is 5.10 Å². The Kier molecular flexibility index (Phi) is 5.57. The van der Waals surface area contributed by atoms with Gasteiger partial charge in [0.2, 0.25) is 0 Å². The predicted octanol–water partition coefficient (Wildman–Crippen LogP) is 5.72. The van der Waals surface area contributed by atoms with E-state index in [1.54, 1.807) is 0 Å². The van der Waals surface area contributed by atoms with E-state index in [4.69, 9.17) is 23.2 Å². The molecule has 2 rings (SSSR count). The van der Waals surface area contributed by atoms with Crippen LogP contribution < -0.4 is 5.43 Å². The fraction of sp³-hybridized carbons (Fsp3) is 0.0714. The maximum absolute atomic E-state index is 13.7. The Morgan fingerprint density at radius 2 is 1.50 bits per heavy atom. The van der Waals surface area contributed by atoms with E-state index in [0.29, 0.717) is 6.21 Å². The Bertz CT molecular complexity index is 848. The Morgan fingerprint density at radius 1 is 0.962 bits per heavy atom. The zero-order valence-corrected chi connectivity index (χ0v) is 13.5. The van der Waals surface area contributed by atoms with Crippen LogP contribution in [-0.2, 0) is 6.18 Å². The van der Waals surface area contributed by atoms with Gasteiger partial charge < -0.3 is 5.11 Å². The zero-order valence-electron chi connectivity index (χ0n) is 12.0. The molecule has 0 bridgehead atoms. The van der Waals surface area contributed by atoms with E-state index in [9.17, 15) is 35.8 Å². The van der Waals surface area contributed by atoms with Gasteiger partial charge in [0.15, 0.2) is 23.3 Å². The van der Waals surface area contributed by atoms with Gasteiger partial charge in [-0.1, -0.05) is 23.2 Å².